The molecule has 4 nitrogen and oxygen atoms in total. The Hall–Kier alpha value is -0.610. The number of esters is 1. The summed E-state index contributed by atoms with van der Waals surface area (Å²) in [7, 11) is 0. The smallest absolute Gasteiger partial charge is 0.343 e. The summed E-state index contributed by atoms with van der Waals surface area (Å²) >= 11 is 0. The normalized spacial score (nSPS) is 26.8. The number of rotatable bonds is 5. The Labute approximate surface area is 71.5 Å². The minimum absolute atomic E-state index is 0.280. The summed E-state index contributed by atoms with van der Waals surface area (Å²) in [4.78, 5) is 11.1. The zero-order valence-electron chi connectivity index (χ0n) is 7.21. The molecule has 1 rings (SSSR count). The lowest BCUT2D eigenvalue weighted by molar-refractivity contribution is -0.151. The van der Waals surface area contributed by atoms with Crippen LogP contribution in [0.15, 0.2) is 0 Å². The third-order valence-corrected chi connectivity index (χ3v) is 1.85. The standard InChI is InChI=1S/C8H14O4/c1-2-3-4-11-7(10)8(5-9)6-12-8/h9H,2-6H2,1H3. The van der Waals surface area contributed by atoms with Gasteiger partial charge in [-0.2, -0.15) is 0 Å². The molecule has 1 fully saturated rings. The van der Waals surface area contributed by atoms with Gasteiger partial charge in [0.25, 0.3) is 0 Å². The second kappa shape index (κ2) is 3.87. The molecule has 0 aromatic carbocycles. The number of hydrogen-bond acceptors (Lipinski definition) is 4. The molecule has 0 spiro atoms. The predicted molar refractivity (Wildman–Crippen MR) is 41.6 cm³/mol. The number of hydrogen-bond donors (Lipinski definition) is 1. The fourth-order valence-electron chi connectivity index (χ4n) is 0.802. The lowest BCUT2D eigenvalue weighted by Crippen LogP contribution is -2.31. The van der Waals surface area contributed by atoms with Crippen LogP contribution in [0.3, 0.4) is 0 Å². The molecule has 1 heterocycles. The lowest BCUT2D eigenvalue weighted by atomic mass is 10.2. The van der Waals surface area contributed by atoms with Crippen molar-refractivity contribution in [3.63, 3.8) is 0 Å². The number of epoxide rings is 1. The molecule has 12 heavy (non-hydrogen) atoms. The van der Waals surface area contributed by atoms with Gasteiger partial charge in [-0.25, -0.2) is 4.79 Å². The molecule has 0 amide bonds. The maximum atomic E-state index is 11.1. The van der Waals surface area contributed by atoms with Crippen LogP contribution < -0.4 is 0 Å². The molecule has 0 saturated carbocycles. The summed E-state index contributed by atoms with van der Waals surface area (Å²) in [5, 5.41) is 8.76. The SMILES string of the molecule is CCCCOC(=O)C1(CO)CO1. The first-order chi connectivity index (χ1) is 5.75. The van der Waals surface area contributed by atoms with E-state index in [4.69, 9.17) is 14.6 Å². The summed E-state index contributed by atoms with van der Waals surface area (Å²) in [5.74, 6) is -0.432. The highest BCUT2D eigenvalue weighted by Gasteiger charge is 2.53. The largest absolute Gasteiger partial charge is 0.463 e. The molecule has 1 N–H and O–H groups in total. The Kier molecular flexibility index (Phi) is 3.05. The Balaban J connectivity index is 2.20. The summed E-state index contributed by atoms with van der Waals surface area (Å²) in [5.41, 5.74) is -1.01. The van der Waals surface area contributed by atoms with Gasteiger partial charge in [0, 0.05) is 0 Å². The van der Waals surface area contributed by atoms with Crippen molar-refractivity contribution in [3.05, 3.63) is 0 Å². The van der Waals surface area contributed by atoms with Crippen LogP contribution in [-0.2, 0) is 14.3 Å². The van der Waals surface area contributed by atoms with Crippen LogP contribution in [0, 0.1) is 0 Å². The van der Waals surface area contributed by atoms with Crippen LogP contribution in [0.1, 0.15) is 19.8 Å². The lowest BCUT2D eigenvalue weighted by Gasteiger charge is -2.07. The van der Waals surface area contributed by atoms with Gasteiger partial charge in [0.05, 0.1) is 19.8 Å². The van der Waals surface area contributed by atoms with Gasteiger partial charge in [-0.3, -0.25) is 0 Å². The first-order valence-corrected chi connectivity index (χ1v) is 4.17. The van der Waals surface area contributed by atoms with Crippen molar-refractivity contribution < 1.29 is 19.4 Å². The molecule has 1 aliphatic heterocycles. The fourth-order valence-corrected chi connectivity index (χ4v) is 0.802. The Bertz CT molecular complexity index is 162. The number of carbonyl (C=O) groups excluding carboxylic acids is 1. The summed E-state index contributed by atoms with van der Waals surface area (Å²) in [6, 6.07) is 0. The molecule has 4 heteroatoms. The van der Waals surface area contributed by atoms with Crippen LogP contribution >= 0.6 is 0 Å². The molecule has 0 aliphatic carbocycles. The van der Waals surface area contributed by atoms with Gasteiger partial charge in [-0.1, -0.05) is 13.3 Å². The van der Waals surface area contributed by atoms with Crippen molar-refractivity contribution in [2.24, 2.45) is 0 Å². The van der Waals surface area contributed by atoms with Crippen LogP contribution in [0.4, 0.5) is 0 Å². The minimum Gasteiger partial charge on any atom is -0.463 e. The highest BCUT2D eigenvalue weighted by molar-refractivity contribution is 5.82. The van der Waals surface area contributed by atoms with E-state index in [1.807, 2.05) is 6.92 Å². The number of ether oxygens (including phenoxy) is 2. The quantitative estimate of drug-likeness (QED) is 0.364. The Morgan fingerprint density at radius 1 is 1.75 bits per heavy atom. The van der Waals surface area contributed by atoms with Gasteiger partial charge >= 0.3 is 5.97 Å². The van der Waals surface area contributed by atoms with Gasteiger partial charge in [0.15, 0.2) is 0 Å². The van der Waals surface area contributed by atoms with Crippen molar-refractivity contribution in [2.75, 3.05) is 19.8 Å². The predicted octanol–water partition coefficient (Wildman–Crippen LogP) is 0.0910. The van der Waals surface area contributed by atoms with Gasteiger partial charge < -0.3 is 14.6 Å². The molecule has 0 aromatic rings. The summed E-state index contributed by atoms with van der Waals surface area (Å²) in [6.45, 7) is 2.44. The van der Waals surface area contributed by atoms with E-state index in [0.29, 0.717) is 6.61 Å². The molecular weight excluding hydrogens is 160 g/mol. The average Bonchev–Trinajstić information content (AvgIpc) is 2.85. The van der Waals surface area contributed by atoms with E-state index in [-0.39, 0.29) is 13.2 Å². The number of carbonyl (C=O) groups is 1. The minimum atomic E-state index is -1.01. The van der Waals surface area contributed by atoms with Gasteiger partial charge in [0.1, 0.15) is 0 Å². The second-order valence-electron chi connectivity index (χ2n) is 2.93. The van der Waals surface area contributed by atoms with E-state index in [1.54, 1.807) is 0 Å². The van der Waals surface area contributed by atoms with Crippen LogP contribution in [0.5, 0.6) is 0 Å². The molecule has 1 unspecified atom stereocenters. The fraction of sp³-hybridized carbons (Fsp3) is 0.875. The van der Waals surface area contributed by atoms with Gasteiger partial charge in [-0.05, 0) is 6.42 Å². The number of aliphatic hydroxyl groups is 1. The first-order valence-electron chi connectivity index (χ1n) is 4.17. The third kappa shape index (κ3) is 1.95. The van der Waals surface area contributed by atoms with Gasteiger partial charge in [0.2, 0.25) is 5.60 Å². The summed E-state index contributed by atoms with van der Waals surface area (Å²) in [6.07, 6.45) is 1.84. The molecule has 1 aliphatic rings. The van der Waals surface area contributed by atoms with Crippen molar-refractivity contribution in [3.8, 4) is 0 Å². The highest BCUT2D eigenvalue weighted by atomic mass is 16.6. The van der Waals surface area contributed by atoms with E-state index < -0.39 is 11.6 Å². The monoisotopic (exact) mass is 174 g/mol. The zero-order chi connectivity index (χ0) is 9.03. The average molecular weight is 174 g/mol. The topological polar surface area (TPSA) is 59.1 Å². The van der Waals surface area contributed by atoms with E-state index in [1.165, 1.54) is 0 Å². The maximum Gasteiger partial charge on any atom is 0.343 e. The number of aliphatic hydroxyl groups excluding tert-OH is 1. The van der Waals surface area contributed by atoms with Crippen molar-refractivity contribution in [1.29, 1.82) is 0 Å². The molecule has 0 radical (unpaired) electrons. The van der Waals surface area contributed by atoms with E-state index >= 15 is 0 Å². The molecule has 0 bridgehead atoms. The molecule has 1 saturated heterocycles. The second-order valence-corrected chi connectivity index (χ2v) is 2.93. The van der Waals surface area contributed by atoms with Crippen LogP contribution in [0.25, 0.3) is 0 Å². The Morgan fingerprint density at radius 2 is 2.42 bits per heavy atom. The molecule has 0 aromatic heterocycles. The molecule has 1 atom stereocenters. The maximum absolute atomic E-state index is 11.1. The molecule has 70 valence electrons. The van der Waals surface area contributed by atoms with E-state index in [0.717, 1.165) is 12.8 Å². The van der Waals surface area contributed by atoms with Crippen molar-refractivity contribution >= 4 is 5.97 Å². The zero-order valence-corrected chi connectivity index (χ0v) is 7.21. The van der Waals surface area contributed by atoms with E-state index in [2.05, 4.69) is 0 Å². The Morgan fingerprint density at radius 3 is 2.83 bits per heavy atom. The third-order valence-electron chi connectivity index (χ3n) is 1.85. The van der Waals surface area contributed by atoms with Crippen molar-refractivity contribution in [2.45, 2.75) is 25.4 Å². The van der Waals surface area contributed by atoms with Crippen molar-refractivity contribution in [1.82, 2.24) is 0 Å². The van der Waals surface area contributed by atoms with Crippen LogP contribution in [0.2, 0.25) is 0 Å². The highest BCUT2D eigenvalue weighted by Crippen LogP contribution is 2.27. The van der Waals surface area contributed by atoms with Gasteiger partial charge in [-0.15, -0.1) is 0 Å². The first kappa shape index (κ1) is 9.48. The van der Waals surface area contributed by atoms with Crippen LogP contribution in [-0.4, -0.2) is 36.5 Å². The molecular formula is C8H14O4. The number of unbranched alkanes of at least 4 members (excludes halogenated alkanes) is 1. The summed E-state index contributed by atoms with van der Waals surface area (Å²) < 4.78 is 9.69. The van der Waals surface area contributed by atoms with E-state index in [9.17, 15) is 4.79 Å².